The fourth-order valence-electron chi connectivity index (χ4n) is 4.45. The molecule has 0 saturated carbocycles. The van der Waals surface area contributed by atoms with E-state index in [2.05, 4.69) is 22.5 Å². The Hall–Kier alpha value is -4.14. The molecule has 182 valence electrons. The smallest absolute Gasteiger partial charge is 0.412 e. The molecule has 1 aliphatic rings. The molecule has 1 heterocycles. The first-order valence-corrected chi connectivity index (χ1v) is 11.6. The quantitative estimate of drug-likeness (QED) is 0.481. The van der Waals surface area contributed by atoms with Crippen LogP contribution in [0.5, 0.6) is 0 Å². The van der Waals surface area contributed by atoms with Crippen molar-refractivity contribution >= 4 is 23.8 Å². The first-order valence-electron chi connectivity index (χ1n) is 11.6. The number of hydrogen-bond acceptors (Lipinski definition) is 5. The van der Waals surface area contributed by atoms with Crippen LogP contribution in [0.15, 0.2) is 54.7 Å². The van der Waals surface area contributed by atoms with Crippen LogP contribution in [0.3, 0.4) is 0 Å². The highest BCUT2D eigenvalue weighted by molar-refractivity contribution is 6.01. The monoisotopic (exact) mass is 476 g/mol. The van der Waals surface area contributed by atoms with Gasteiger partial charge in [0.15, 0.2) is 5.82 Å². The molecule has 4 rings (SSSR count). The summed E-state index contributed by atoms with van der Waals surface area (Å²) >= 11 is 0. The van der Waals surface area contributed by atoms with Crippen LogP contribution in [0.2, 0.25) is 0 Å². The summed E-state index contributed by atoms with van der Waals surface area (Å²) in [5, 5.41) is 15.8. The van der Waals surface area contributed by atoms with Crippen LogP contribution in [-0.4, -0.2) is 57.5 Å². The first kappa shape index (κ1) is 24.0. The van der Waals surface area contributed by atoms with E-state index in [0.29, 0.717) is 13.0 Å². The van der Waals surface area contributed by atoms with Gasteiger partial charge in [0.05, 0.1) is 6.42 Å². The number of carbonyl (C=O) groups is 3. The zero-order chi connectivity index (χ0) is 24.9. The first-order chi connectivity index (χ1) is 16.9. The van der Waals surface area contributed by atoms with Gasteiger partial charge in [-0.15, -0.1) is 0 Å². The van der Waals surface area contributed by atoms with Gasteiger partial charge >= 0.3 is 12.1 Å². The van der Waals surface area contributed by atoms with Crippen molar-refractivity contribution in [3.8, 4) is 11.1 Å². The summed E-state index contributed by atoms with van der Waals surface area (Å²) in [5.74, 6) is -1.39. The Bertz CT molecular complexity index is 1210. The van der Waals surface area contributed by atoms with Gasteiger partial charge in [-0.3, -0.25) is 19.6 Å². The molecule has 9 nitrogen and oxygen atoms in total. The summed E-state index contributed by atoms with van der Waals surface area (Å²) in [4.78, 5) is 38.2. The molecule has 2 amide bonds. The van der Waals surface area contributed by atoms with Crippen LogP contribution < -0.4 is 5.32 Å². The highest BCUT2D eigenvalue weighted by Gasteiger charge is 2.29. The number of benzene rings is 2. The second-order valence-corrected chi connectivity index (χ2v) is 8.45. The van der Waals surface area contributed by atoms with E-state index in [4.69, 9.17) is 9.84 Å². The highest BCUT2D eigenvalue weighted by atomic mass is 16.5. The predicted molar refractivity (Wildman–Crippen MR) is 130 cm³/mol. The van der Waals surface area contributed by atoms with Crippen LogP contribution in [0.25, 0.3) is 11.1 Å². The molecule has 1 aromatic heterocycles. The lowest BCUT2D eigenvalue weighted by Crippen LogP contribution is -2.34. The number of anilines is 1. The number of carboxylic acids is 1. The third kappa shape index (κ3) is 5.18. The molecular formula is C26H28N4O5. The predicted octanol–water partition coefficient (Wildman–Crippen LogP) is 4.11. The van der Waals surface area contributed by atoms with Crippen LogP contribution in [-0.2, 0) is 16.6 Å². The third-order valence-corrected chi connectivity index (χ3v) is 6.00. The molecule has 0 atom stereocenters. The number of aromatic nitrogens is 2. The number of carbonyl (C=O) groups excluding carboxylic acids is 2. The van der Waals surface area contributed by atoms with Gasteiger partial charge < -0.3 is 14.7 Å². The van der Waals surface area contributed by atoms with E-state index in [-0.39, 0.29) is 36.9 Å². The number of amides is 2. The Morgan fingerprint density at radius 2 is 1.69 bits per heavy atom. The third-order valence-electron chi connectivity index (χ3n) is 6.00. The Morgan fingerprint density at radius 3 is 2.29 bits per heavy atom. The SMILES string of the molecule is CCCN(CCC(=O)O)C(=O)c1cn(C)nc1NC(=O)OCC1c2ccccc2-c2ccccc21. The number of rotatable bonds is 9. The zero-order valence-corrected chi connectivity index (χ0v) is 19.7. The number of nitrogens with zero attached hydrogens (tertiary/aromatic N) is 3. The van der Waals surface area contributed by atoms with Gasteiger partial charge in [-0.2, -0.15) is 5.10 Å². The van der Waals surface area contributed by atoms with Crippen molar-refractivity contribution in [2.45, 2.75) is 25.7 Å². The Morgan fingerprint density at radius 1 is 1.06 bits per heavy atom. The van der Waals surface area contributed by atoms with Crippen molar-refractivity contribution in [3.05, 3.63) is 71.4 Å². The summed E-state index contributed by atoms with van der Waals surface area (Å²) in [5.41, 5.74) is 4.65. The van der Waals surface area contributed by atoms with Crippen LogP contribution >= 0.6 is 0 Å². The maximum Gasteiger partial charge on any atom is 0.412 e. The van der Waals surface area contributed by atoms with Gasteiger partial charge in [0.25, 0.3) is 5.91 Å². The van der Waals surface area contributed by atoms with E-state index in [1.165, 1.54) is 15.8 Å². The van der Waals surface area contributed by atoms with Gasteiger partial charge in [0, 0.05) is 32.3 Å². The highest BCUT2D eigenvalue weighted by Crippen LogP contribution is 2.44. The number of hydrogen-bond donors (Lipinski definition) is 2. The van der Waals surface area contributed by atoms with Gasteiger partial charge in [-0.05, 0) is 28.7 Å². The van der Waals surface area contributed by atoms with Gasteiger partial charge in [-0.1, -0.05) is 55.5 Å². The minimum absolute atomic E-state index is 0.0707. The lowest BCUT2D eigenvalue weighted by Gasteiger charge is -2.21. The molecule has 0 radical (unpaired) electrons. The fraction of sp³-hybridized carbons (Fsp3) is 0.308. The fourth-order valence-corrected chi connectivity index (χ4v) is 4.45. The van der Waals surface area contributed by atoms with E-state index in [0.717, 1.165) is 22.3 Å². The van der Waals surface area contributed by atoms with E-state index in [1.54, 1.807) is 7.05 Å². The standard InChI is InChI=1S/C26H28N4O5/c1-3-13-30(14-12-23(31)32)25(33)21-15-29(2)28-24(21)27-26(34)35-16-22-19-10-6-4-8-17(19)18-9-5-7-11-20(18)22/h4-11,15,22H,3,12-14,16H2,1-2H3,(H,31,32)(H,27,28,34). The van der Waals surface area contributed by atoms with E-state index in [9.17, 15) is 14.4 Å². The largest absolute Gasteiger partial charge is 0.481 e. The lowest BCUT2D eigenvalue weighted by molar-refractivity contribution is -0.137. The molecule has 0 fully saturated rings. The molecule has 2 N–H and O–H groups in total. The number of fused-ring (bicyclic) bond motifs is 3. The second-order valence-electron chi connectivity index (χ2n) is 8.45. The van der Waals surface area contributed by atoms with Crippen molar-refractivity contribution < 1.29 is 24.2 Å². The van der Waals surface area contributed by atoms with Crippen molar-refractivity contribution in [2.75, 3.05) is 25.0 Å². The molecular weight excluding hydrogens is 448 g/mol. The zero-order valence-electron chi connectivity index (χ0n) is 19.7. The molecule has 35 heavy (non-hydrogen) atoms. The van der Waals surface area contributed by atoms with E-state index in [1.807, 2.05) is 43.3 Å². The van der Waals surface area contributed by atoms with E-state index < -0.39 is 18.0 Å². The normalized spacial score (nSPS) is 12.1. The molecule has 0 saturated heterocycles. The summed E-state index contributed by atoms with van der Waals surface area (Å²) in [6.07, 6.45) is 1.29. The van der Waals surface area contributed by atoms with Gasteiger partial charge in [0.1, 0.15) is 12.2 Å². The van der Waals surface area contributed by atoms with Crippen molar-refractivity contribution in [3.63, 3.8) is 0 Å². The molecule has 3 aromatic rings. The average molecular weight is 477 g/mol. The molecule has 0 bridgehead atoms. The minimum Gasteiger partial charge on any atom is -0.481 e. The minimum atomic E-state index is -0.984. The number of ether oxygens (including phenoxy) is 1. The maximum absolute atomic E-state index is 13.1. The van der Waals surface area contributed by atoms with Crippen molar-refractivity contribution in [1.29, 1.82) is 0 Å². The molecule has 0 spiro atoms. The van der Waals surface area contributed by atoms with Gasteiger partial charge in [-0.25, -0.2) is 4.79 Å². The molecule has 1 aliphatic carbocycles. The summed E-state index contributed by atoms with van der Waals surface area (Å²) < 4.78 is 7.00. The van der Waals surface area contributed by atoms with Crippen LogP contribution in [0.4, 0.5) is 10.6 Å². The topological polar surface area (TPSA) is 114 Å². The van der Waals surface area contributed by atoms with Crippen LogP contribution in [0, 0.1) is 0 Å². The lowest BCUT2D eigenvalue weighted by atomic mass is 9.98. The summed E-state index contributed by atoms with van der Waals surface area (Å²) in [6, 6.07) is 16.1. The number of aliphatic carboxylic acids is 1. The van der Waals surface area contributed by atoms with Crippen molar-refractivity contribution in [2.24, 2.45) is 7.05 Å². The molecule has 2 aromatic carbocycles. The van der Waals surface area contributed by atoms with Gasteiger partial charge in [0.2, 0.25) is 0 Å². The molecule has 0 unspecified atom stereocenters. The number of carboxylic acid groups (broad SMARTS) is 1. The summed E-state index contributed by atoms with van der Waals surface area (Å²) in [7, 11) is 1.64. The summed E-state index contributed by atoms with van der Waals surface area (Å²) in [6.45, 7) is 2.50. The molecule has 0 aliphatic heterocycles. The Kier molecular flexibility index (Phi) is 7.14. The number of aryl methyl sites for hydroxylation is 1. The molecule has 9 heteroatoms. The van der Waals surface area contributed by atoms with Crippen LogP contribution in [0.1, 0.15) is 47.2 Å². The number of nitrogens with one attached hydrogen (secondary N) is 1. The average Bonchev–Trinajstić information content (AvgIpc) is 3.37. The Balaban J connectivity index is 1.46. The maximum atomic E-state index is 13.1. The van der Waals surface area contributed by atoms with E-state index >= 15 is 0 Å². The van der Waals surface area contributed by atoms with Crippen molar-refractivity contribution in [1.82, 2.24) is 14.7 Å². The second kappa shape index (κ2) is 10.4. The Labute approximate surface area is 203 Å².